The van der Waals surface area contributed by atoms with Gasteiger partial charge in [-0.05, 0) is 44.2 Å². The van der Waals surface area contributed by atoms with Gasteiger partial charge in [-0.2, -0.15) is 0 Å². The third-order valence-corrected chi connectivity index (χ3v) is 3.38. The minimum Gasteiger partial charge on any atom is -0.465 e. The molecular formula is C17H20N2O2. The van der Waals surface area contributed by atoms with Gasteiger partial charge >= 0.3 is 5.97 Å². The zero-order valence-corrected chi connectivity index (χ0v) is 12.6. The van der Waals surface area contributed by atoms with Crippen LogP contribution >= 0.6 is 0 Å². The Morgan fingerprint density at radius 2 is 1.86 bits per heavy atom. The van der Waals surface area contributed by atoms with E-state index < -0.39 is 0 Å². The Hall–Kier alpha value is -2.49. The van der Waals surface area contributed by atoms with Gasteiger partial charge in [0.05, 0.1) is 18.4 Å². The Kier molecular flexibility index (Phi) is 4.48. The predicted octanol–water partition coefficient (Wildman–Crippen LogP) is 3.52. The lowest BCUT2D eigenvalue weighted by Crippen LogP contribution is -2.19. The Morgan fingerprint density at radius 1 is 1.19 bits per heavy atom. The standard InChI is InChI=1S/C17H20N2O2/c1-4-19(14-8-5-12(2)6-9-14)16-10-7-13(18)11-15(16)17(20)21-3/h5-11H,4,18H2,1-3H3. The van der Waals surface area contributed by atoms with E-state index in [4.69, 9.17) is 10.5 Å². The first kappa shape index (κ1) is 14.9. The van der Waals surface area contributed by atoms with Gasteiger partial charge in [-0.1, -0.05) is 17.7 Å². The molecule has 4 nitrogen and oxygen atoms in total. The van der Waals surface area contributed by atoms with Crippen molar-refractivity contribution < 1.29 is 9.53 Å². The van der Waals surface area contributed by atoms with Crippen LogP contribution in [0.15, 0.2) is 42.5 Å². The number of anilines is 3. The molecule has 0 radical (unpaired) electrons. The van der Waals surface area contributed by atoms with Crippen LogP contribution in [0.1, 0.15) is 22.8 Å². The third-order valence-electron chi connectivity index (χ3n) is 3.38. The molecule has 2 aromatic rings. The van der Waals surface area contributed by atoms with Crippen LogP contribution in [0, 0.1) is 6.92 Å². The van der Waals surface area contributed by atoms with Crippen LogP contribution in [0.4, 0.5) is 17.1 Å². The Morgan fingerprint density at radius 3 is 2.43 bits per heavy atom. The number of nitrogens with two attached hydrogens (primary N) is 1. The van der Waals surface area contributed by atoms with Gasteiger partial charge in [-0.3, -0.25) is 0 Å². The molecule has 0 unspecified atom stereocenters. The molecule has 2 N–H and O–H groups in total. The summed E-state index contributed by atoms with van der Waals surface area (Å²) in [6, 6.07) is 13.5. The summed E-state index contributed by atoms with van der Waals surface area (Å²) in [4.78, 5) is 14.0. The van der Waals surface area contributed by atoms with Crippen molar-refractivity contribution >= 4 is 23.0 Å². The number of nitrogen functional groups attached to an aromatic ring is 1. The van der Waals surface area contributed by atoms with Crippen molar-refractivity contribution in [2.75, 3.05) is 24.3 Å². The van der Waals surface area contributed by atoms with E-state index in [1.165, 1.54) is 12.7 Å². The van der Waals surface area contributed by atoms with E-state index >= 15 is 0 Å². The minimum atomic E-state index is -0.386. The molecule has 2 rings (SSSR count). The summed E-state index contributed by atoms with van der Waals surface area (Å²) in [6.45, 7) is 4.82. The van der Waals surface area contributed by atoms with Gasteiger partial charge in [-0.15, -0.1) is 0 Å². The van der Waals surface area contributed by atoms with Gasteiger partial charge in [0.25, 0.3) is 0 Å². The summed E-state index contributed by atoms with van der Waals surface area (Å²) >= 11 is 0. The molecule has 0 bridgehead atoms. The topological polar surface area (TPSA) is 55.6 Å². The number of hydrogen-bond donors (Lipinski definition) is 1. The molecule has 0 aliphatic rings. The molecule has 0 saturated heterocycles. The maximum Gasteiger partial charge on any atom is 0.340 e. The number of aryl methyl sites for hydroxylation is 1. The fraction of sp³-hybridized carbons (Fsp3) is 0.235. The Balaban J connectivity index is 2.51. The van der Waals surface area contributed by atoms with Crippen LogP contribution in [-0.2, 0) is 4.74 Å². The first-order chi connectivity index (χ1) is 10.1. The molecule has 0 saturated carbocycles. The molecule has 0 aliphatic heterocycles. The number of rotatable bonds is 4. The van der Waals surface area contributed by atoms with Crippen molar-refractivity contribution in [2.45, 2.75) is 13.8 Å². The van der Waals surface area contributed by atoms with E-state index in [0.717, 1.165) is 17.9 Å². The maximum atomic E-state index is 12.0. The largest absolute Gasteiger partial charge is 0.465 e. The van der Waals surface area contributed by atoms with E-state index in [1.54, 1.807) is 12.1 Å². The SMILES string of the molecule is CCN(c1ccc(C)cc1)c1ccc(N)cc1C(=O)OC. The van der Waals surface area contributed by atoms with Crippen molar-refractivity contribution in [1.29, 1.82) is 0 Å². The number of nitrogens with zero attached hydrogens (tertiary/aromatic N) is 1. The van der Waals surface area contributed by atoms with Gasteiger partial charge in [0.2, 0.25) is 0 Å². The summed E-state index contributed by atoms with van der Waals surface area (Å²) in [6.07, 6.45) is 0. The maximum absolute atomic E-state index is 12.0. The number of hydrogen-bond acceptors (Lipinski definition) is 4. The third kappa shape index (κ3) is 3.16. The highest BCUT2D eigenvalue weighted by Crippen LogP contribution is 2.30. The number of ether oxygens (including phenoxy) is 1. The number of methoxy groups -OCH3 is 1. The molecule has 0 amide bonds. The second kappa shape index (κ2) is 6.31. The van der Waals surface area contributed by atoms with Crippen molar-refractivity contribution in [3.05, 3.63) is 53.6 Å². The summed E-state index contributed by atoms with van der Waals surface area (Å²) in [5.74, 6) is -0.386. The van der Waals surface area contributed by atoms with Crippen LogP contribution < -0.4 is 10.6 Å². The average molecular weight is 284 g/mol. The van der Waals surface area contributed by atoms with Crippen LogP contribution in [0.2, 0.25) is 0 Å². The van der Waals surface area contributed by atoms with Crippen molar-refractivity contribution in [2.24, 2.45) is 0 Å². The lowest BCUT2D eigenvalue weighted by molar-refractivity contribution is 0.0601. The van der Waals surface area contributed by atoms with Crippen molar-refractivity contribution in [3.63, 3.8) is 0 Å². The van der Waals surface area contributed by atoms with Crippen LogP contribution in [-0.4, -0.2) is 19.6 Å². The molecule has 0 atom stereocenters. The predicted molar refractivity (Wildman–Crippen MR) is 86.1 cm³/mol. The Labute approximate surface area is 125 Å². The van der Waals surface area contributed by atoms with Crippen LogP contribution in [0.5, 0.6) is 0 Å². The second-order valence-electron chi connectivity index (χ2n) is 4.85. The van der Waals surface area contributed by atoms with Crippen molar-refractivity contribution in [1.82, 2.24) is 0 Å². The second-order valence-corrected chi connectivity index (χ2v) is 4.85. The molecule has 0 aromatic heterocycles. The average Bonchev–Trinajstić information content (AvgIpc) is 2.50. The number of esters is 1. The van der Waals surface area contributed by atoms with Crippen LogP contribution in [0.25, 0.3) is 0 Å². The lowest BCUT2D eigenvalue weighted by atomic mass is 10.1. The molecule has 0 spiro atoms. The fourth-order valence-corrected chi connectivity index (χ4v) is 2.28. The highest BCUT2D eigenvalue weighted by Gasteiger charge is 2.17. The molecule has 4 heteroatoms. The smallest absolute Gasteiger partial charge is 0.340 e. The zero-order chi connectivity index (χ0) is 15.4. The number of benzene rings is 2. The van der Waals surface area contributed by atoms with E-state index in [1.807, 2.05) is 44.2 Å². The van der Waals surface area contributed by atoms with Gasteiger partial charge in [0.1, 0.15) is 0 Å². The van der Waals surface area contributed by atoms with Gasteiger partial charge in [0, 0.05) is 17.9 Å². The molecule has 0 aliphatic carbocycles. The first-order valence-corrected chi connectivity index (χ1v) is 6.89. The molecule has 0 fully saturated rings. The zero-order valence-electron chi connectivity index (χ0n) is 12.6. The lowest BCUT2D eigenvalue weighted by Gasteiger charge is -2.25. The van der Waals surface area contributed by atoms with E-state index in [0.29, 0.717) is 11.3 Å². The van der Waals surface area contributed by atoms with E-state index in [-0.39, 0.29) is 5.97 Å². The van der Waals surface area contributed by atoms with Crippen molar-refractivity contribution in [3.8, 4) is 0 Å². The number of carbonyl (C=O) groups is 1. The highest BCUT2D eigenvalue weighted by molar-refractivity contribution is 5.98. The van der Waals surface area contributed by atoms with Gasteiger partial charge in [0.15, 0.2) is 0 Å². The minimum absolute atomic E-state index is 0.386. The quantitative estimate of drug-likeness (QED) is 0.689. The fourth-order valence-electron chi connectivity index (χ4n) is 2.28. The molecule has 0 heterocycles. The molecule has 2 aromatic carbocycles. The monoisotopic (exact) mass is 284 g/mol. The Bertz CT molecular complexity index is 636. The molecule has 21 heavy (non-hydrogen) atoms. The number of carbonyl (C=O) groups excluding carboxylic acids is 1. The highest BCUT2D eigenvalue weighted by atomic mass is 16.5. The summed E-state index contributed by atoms with van der Waals surface area (Å²) in [5, 5.41) is 0. The van der Waals surface area contributed by atoms with Gasteiger partial charge in [-0.25, -0.2) is 4.79 Å². The van der Waals surface area contributed by atoms with E-state index in [2.05, 4.69) is 4.90 Å². The summed E-state index contributed by atoms with van der Waals surface area (Å²) in [5.41, 5.74) is 9.82. The molecular weight excluding hydrogens is 264 g/mol. The van der Waals surface area contributed by atoms with Gasteiger partial charge < -0.3 is 15.4 Å². The normalized spacial score (nSPS) is 10.2. The first-order valence-electron chi connectivity index (χ1n) is 6.89. The summed E-state index contributed by atoms with van der Waals surface area (Å²) < 4.78 is 4.86. The molecule has 110 valence electrons. The van der Waals surface area contributed by atoms with Crippen LogP contribution in [0.3, 0.4) is 0 Å². The summed E-state index contributed by atoms with van der Waals surface area (Å²) in [7, 11) is 1.37. The van der Waals surface area contributed by atoms with E-state index in [9.17, 15) is 4.79 Å².